The number of pyridine rings is 5. The zero-order valence-corrected chi connectivity index (χ0v) is 38.8. The third kappa shape index (κ3) is 5.73. The van der Waals surface area contributed by atoms with Crippen LogP contribution >= 0.6 is 0 Å². The number of aromatic nitrogens is 7. The summed E-state index contributed by atoms with van der Waals surface area (Å²) < 4.78 is 4.71. The summed E-state index contributed by atoms with van der Waals surface area (Å²) in [4.78, 5) is 23.8. The molecule has 332 valence electrons. The highest BCUT2D eigenvalue weighted by atomic mass is 15.0. The molecule has 0 bridgehead atoms. The molecule has 7 aromatic heterocycles. The van der Waals surface area contributed by atoms with Gasteiger partial charge in [-0.15, -0.1) is 0 Å². The van der Waals surface area contributed by atoms with Crippen molar-refractivity contribution in [1.82, 2.24) is 34.1 Å². The van der Waals surface area contributed by atoms with Gasteiger partial charge in [0.05, 0.1) is 61.7 Å². The van der Waals surface area contributed by atoms with Crippen LogP contribution in [0.5, 0.6) is 0 Å². The van der Waals surface area contributed by atoms with Gasteiger partial charge in [0.2, 0.25) is 0 Å². The highest BCUT2D eigenvalue weighted by Gasteiger charge is 2.32. The zero-order chi connectivity index (χ0) is 46.8. The van der Waals surface area contributed by atoms with Gasteiger partial charge < -0.3 is 14.9 Å². The van der Waals surface area contributed by atoms with Crippen LogP contribution in [0.4, 0.5) is 0 Å². The van der Waals surface area contributed by atoms with Gasteiger partial charge in [0.15, 0.2) is 0 Å². The average Bonchev–Trinajstić information content (AvgIpc) is 3.91. The van der Waals surface area contributed by atoms with Crippen molar-refractivity contribution in [2.75, 3.05) is 0 Å². The predicted molar refractivity (Wildman–Crippen MR) is 289 cm³/mol. The lowest BCUT2D eigenvalue weighted by atomic mass is 9.72. The van der Waals surface area contributed by atoms with Gasteiger partial charge in [-0.25, -0.2) is 0 Å². The van der Waals surface area contributed by atoms with Gasteiger partial charge in [-0.2, -0.15) is 0 Å². The Morgan fingerprint density at radius 2 is 1.00 bits per heavy atom. The molecule has 13 aromatic rings. The maximum atomic E-state index is 6.53. The third-order valence-corrected chi connectivity index (χ3v) is 15.1. The van der Waals surface area contributed by atoms with E-state index < -0.39 is 0 Å². The number of hydrogen-bond acceptors (Lipinski definition) is 6. The summed E-state index contributed by atoms with van der Waals surface area (Å²) in [5.41, 5.74) is 26.2. The van der Waals surface area contributed by atoms with Crippen molar-refractivity contribution >= 4 is 92.9 Å². The molecule has 1 aliphatic carbocycles. The summed E-state index contributed by atoms with van der Waals surface area (Å²) in [7, 11) is 0. The van der Waals surface area contributed by atoms with Gasteiger partial charge in [0.1, 0.15) is 0 Å². The van der Waals surface area contributed by atoms with E-state index in [2.05, 4.69) is 143 Å². The Hall–Kier alpha value is -9.01. The monoisotopic (exact) mass is 900 g/mol. The average molecular weight is 901 g/mol. The number of rotatable bonds is 5. The molecule has 0 radical (unpaired) electrons. The number of nitrogens with two attached hydrogens (primary N) is 1. The fourth-order valence-corrected chi connectivity index (χ4v) is 11.7. The van der Waals surface area contributed by atoms with Gasteiger partial charge in [-0.1, -0.05) is 56.3 Å². The Morgan fingerprint density at radius 3 is 1.57 bits per heavy atom. The van der Waals surface area contributed by atoms with E-state index in [0.29, 0.717) is 0 Å². The van der Waals surface area contributed by atoms with Gasteiger partial charge in [-0.3, -0.25) is 24.9 Å². The van der Waals surface area contributed by atoms with Gasteiger partial charge in [0.25, 0.3) is 0 Å². The van der Waals surface area contributed by atoms with Crippen molar-refractivity contribution in [3.8, 4) is 39.1 Å². The Labute approximate surface area is 402 Å². The van der Waals surface area contributed by atoms with Crippen LogP contribution in [-0.2, 0) is 0 Å². The molecular weight excluding hydrogens is 857 g/mol. The van der Waals surface area contributed by atoms with E-state index in [1.807, 2.05) is 74.4 Å². The normalized spacial score (nSPS) is 15.2. The topological polar surface area (TPSA) is 100 Å². The van der Waals surface area contributed by atoms with Gasteiger partial charge in [0, 0.05) is 80.3 Å². The van der Waals surface area contributed by atoms with Crippen LogP contribution < -0.4 is 5.73 Å². The van der Waals surface area contributed by atoms with Gasteiger partial charge >= 0.3 is 0 Å². The summed E-state index contributed by atoms with van der Waals surface area (Å²) in [5.74, 6) is 0.477. The molecule has 14 rings (SSSR count). The first-order valence-electron chi connectivity index (χ1n) is 23.9. The molecule has 0 saturated carbocycles. The number of hydrogen-bond donors (Lipinski definition) is 1. The molecule has 0 amide bonds. The fraction of sp³-hybridized carbons (Fsp3) is 0.0806. The summed E-state index contributed by atoms with van der Waals surface area (Å²) in [6.07, 6.45) is 17.1. The zero-order valence-electron chi connectivity index (χ0n) is 38.8. The van der Waals surface area contributed by atoms with Crippen molar-refractivity contribution in [1.29, 1.82) is 0 Å². The highest BCUT2D eigenvalue weighted by Crippen LogP contribution is 2.52. The molecule has 6 aromatic carbocycles. The Morgan fingerprint density at radius 1 is 0.486 bits per heavy atom. The molecule has 70 heavy (non-hydrogen) atoms. The van der Waals surface area contributed by atoms with Gasteiger partial charge in [-0.05, 0) is 166 Å². The maximum absolute atomic E-state index is 6.53. The Balaban J connectivity index is 1.02. The van der Waals surface area contributed by atoms with E-state index in [9.17, 15) is 0 Å². The summed E-state index contributed by atoms with van der Waals surface area (Å²) in [5, 5.41) is 9.05. The SMILES string of the molecule is C/C=C\C(=C/N)n1c2ccc(-c3cc4cccnc4c4ncccc34)cc2c2cc3c(cc21)-c1cc2c(cc1C(C)C3C)c1cc(-c3cc4cccnc4c4ncccc34)ccc1n2-c1cccnc1. The van der Waals surface area contributed by atoms with Crippen LogP contribution in [0, 0.1) is 0 Å². The van der Waals surface area contributed by atoms with Crippen molar-refractivity contribution in [3.05, 3.63) is 200 Å². The molecule has 8 nitrogen and oxygen atoms in total. The first-order chi connectivity index (χ1) is 34.5. The third-order valence-electron chi connectivity index (χ3n) is 15.1. The van der Waals surface area contributed by atoms with E-state index in [4.69, 9.17) is 25.7 Å². The lowest BCUT2D eigenvalue weighted by Gasteiger charge is -2.32. The Bertz CT molecular complexity index is 4420. The standard InChI is InChI=1S/C62H44N8/c1-4-10-41(33-63)69-55-18-16-37(47-27-39-11-5-21-65-59(39)61-43(47)14-8-23-67-61)25-51(55)53-29-45-35(2)36(3)46-30-54-52-26-38(48-28-40-12-6-22-66-60(40)62-44(48)15-9-24-68-62)17-19-56(52)70(42-13-7-20-64-34-42)58(54)32-50(46)49(45)31-57(53)69/h4-36H,63H2,1-3H3/b10-4-,41-33+. The summed E-state index contributed by atoms with van der Waals surface area (Å²) >= 11 is 0. The van der Waals surface area contributed by atoms with Crippen LogP contribution in [0.15, 0.2) is 189 Å². The van der Waals surface area contributed by atoms with Crippen molar-refractivity contribution in [2.24, 2.45) is 5.73 Å². The van der Waals surface area contributed by atoms with E-state index in [-0.39, 0.29) is 11.8 Å². The number of nitrogens with zero attached hydrogens (tertiary/aromatic N) is 7. The number of benzene rings is 6. The number of allylic oxidation sites excluding steroid dienone is 3. The summed E-state index contributed by atoms with van der Waals surface area (Å²) in [6.45, 7) is 6.83. The van der Waals surface area contributed by atoms with Crippen LogP contribution in [0.3, 0.4) is 0 Å². The molecule has 2 unspecified atom stereocenters. The summed E-state index contributed by atoms with van der Waals surface area (Å²) in [6, 6.07) is 48.8. The second kappa shape index (κ2) is 15.3. The molecule has 1 aliphatic rings. The van der Waals surface area contributed by atoms with Crippen molar-refractivity contribution < 1.29 is 0 Å². The van der Waals surface area contributed by atoms with E-state index in [0.717, 1.165) is 99.3 Å². The second-order valence-corrected chi connectivity index (χ2v) is 18.7. The van der Waals surface area contributed by atoms with Crippen LogP contribution in [0.2, 0.25) is 0 Å². The molecular formula is C62H44N8. The number of fused-ring (bicyclic) bond motifs is 15. The molecule has 0 spiro atoms. The van der Waals surface area contributed by atoms with Crippen molar-refractivity contribution in [3.63, 3.8) is 0 Å². The molecule has 0 saturated heterocycles. The smallest absolute Gasteiger partial charge is 0.0970 e. The molecule has 7 heterocycles. The lowest BCUT2D eigenvalue weighted by molar-refractivity contribution is 0.617. The predicted octanol–water partition coefficient (Wildman–Crippen LogP) is 15.0. The largest absolute Gasteiger partial charge is 0.403 e. The minimum Gasteiger partial charge on any atom is -0.403 e. The van der Waals surface area contributed by atoms with Crippen molar-refractivity contribution in [2.45, 2.75) is 32.6 Å². The first kappa shape index (κ1) is 40.1. The minimum absolute atomic E-state index is 0.237. The molecule has 2 atom stereocenters. The minimum atomic E-state index is 0.237. The van der Waals surface area contributed by atoms with E-state index >= 15 is 0 Å². The second-order valence-electron chi connectivity index (χ2n) is 18.7. The quantitative estimate of drug-likeness (QED) is 0.136. The maximum Gasteiger partial charge on any atom is 0.0970 e. The first-order valence-corrected chi connectivity index (χ1v) is 23.9. The van der Waals surface area contributed by atoms with Crippen LogP contribution in [0.25, 0.3) is 132 Å². The van der Waals surface area contributed by atoms with E-state index in [1.165, 1.54) is 43.8 Å². The fourth-order valence-electron chi connectivity index (χ4n) is 11.7. The van der Waals surface area contributed by atoms with Crippen LogP contribution in [-0.4, -0.2) is 34.1 Å². The lowest BCUT2D eigenvalue weighted by Crippen LogP contribution is -2.13. The molecule has 2 N–H and O–H groups in total. The Kier molecular flexibility index (Phi) is 8.74. The molecule has 8 heteroatoms. The van der Waals surface area contributed by atoms with E-state index in [1.54, 1.807) is 6.20 Å². The highest BCUT2D eigenvalue weighted by molar-refractivity contribution is 6.18. The molecule has 0 aliphatic heterocycles. The molecule has 0 fully saturated rings. The van der Waals surface area contributed by atoms with Crippen LogP contribution in [0.1, 0.15) is 43.7 Å².